The van der Waals surface area contributed by atoms with Crippen molar-refractivity contribution in [3.63, 3.8) is 0 Å². The molecule has 1 aliphatic heterocycles. The molecule has 1 saturated carbocycles. The molecule has 4 atom stereocenters. The van der Waals surface area contributed by atoms with Gasteiger partial charge in [0.15, 0.2) is 0 Å². The molecule has 2 N–H and O–H groups in total. The fourth-order valence-electron chi connectivity index (χ4n) is 3.57. The number of benzene rings is 1. The lowest BCUT2D eigenvalue weighted by atomic mass is 9.93. The van der Waals surface area contributed by atoms with Crippen LogP contribution in [-0.2, 0) is 4.79 Å². The van der Waals surface area contributed by atoms with Gasteiger partial charge in [-0.15, -0.1) is 0 Å². The topological polar surface area (TPSA) is 46.3 Å². The number of hydrogen-bond acceptors (Lipinski definition) is 2. The first-order valence-corrected chi connectivity index (χ1v) is 7.28. The largest absolute Gasteiger partial charge is 0.339 e. The van der Waals surface area contributed by atoms with E-state index in [9.17, 15) is 4.79 Å². The van der Waals surface area contributed by atoms with Gasteiger partial charge < -0.3 is 10.6 Å². The van der Waals surface area contributed by atoms with Gasteiger partial charge in [0.05, 0.1) is 5.92 Å². The minimum atomic E-state index is -0.201. The Labute approximate surface area is 114 Å². The van der Waals surface area contributed by atoms with Gasteiger partial charge >= 0.3 is 0 Å². The number of piperidine rings is 1. The van der Waals surface area contributed by atoms with Gasteiger partial charge in [-0.1, -0.05) is 37.3 Å². The van der Waals surface area contributed by atoms with Gasteiger partial charge in [0.2, 0.25) is 5.91 Å². The third kappa shape index (κ3) is 2.27. The Morgan fingerprint density at radius 2 is 2.05 bits per heavy atom. The van der Waals surface area contributed by atoms with Crippen molar-refractivity contribution in [2.75, 3.05) is 6.54 Å². The van der Waals surface area contributed by atoms with Gasteiger partial charge in [-0.05, 0) is 30.7 Å². The monoisotopic (exact) mass is 258 g/mol. The Balaban J connectivity index is 1.70. The van der Waals surface area contributed by atoms with Crippen molar-refractivity contribution in [2.24, 2.45) is 17.6 Å². The fourth-order valence-corrected chi connectivity index (χ4v) is 3.57. The summed E-state index contributed by atoms with van der Waals surface area (Å²) in [5.41, 5.74) is 7.31. The third-order valence-electron chi connectivity index (χ3n) is 4.80. The smallest absolute Gasteiger partial charge is 0.227 e. The van der Waals surface area contributed by atoms with E-state index in [1.54, 1.807) is 0 Å². The first kappa shape index (κ1) is 12.7. The molecule has 2 aliphatic rings. The quantitative estimate of drug-likeness (QED) is 0.904. The Kier molecular flexibility index (Phi) is 3.31. The van der Waals surface area contributed by atoms with E-state index < -0.39 is 0 Å². The highest BCUT2D eigenvalue weighted by molar-refractivity contribution is 5.80. The first-order chi connectivity index (χ1) is 9.16. The molecule has 1 aromatic rings. The first-order valence-electron chi connectivity index (χ1n) is 7.28. The molecule has 19 heavy (non-hydrogen) atoms. The average Bonchev–Trinajstić information content (AvgIpc) is 3.08. The Morgan fingerprint density at radius 3 is 2.63 bits per heavy atom. The molecule has 1 amide bonds. The lowest BCUT2D eigenvalue weighted by Gasteiger charge is -2.31. The van der Waals surface area contributed by atoms with Gasteiger partial charge in [-0.2, -0.15) is 0 Å². The summed E-state index contributed by atoms with van der Waals surface area (Å²) in [4.78, 5) is 14.7. The number of carbonyl (C=O) groups is 1. The van der Waals surface area contributed by atoms with Crippen LogP contribution in [0.25, 0.3) is 0 Å². The van der Waals surface area contributed by atoms with E-state index in [1.807, 2.05) is 37.3 Å². The number of nitrogens with zero attached hydrogens (tertiary/aromatic N) is 1. The highest BCUT2D eigenvalue weighted by Gasteiger charge is 2.42. The highest BCUT2D eigenvalue weighted by Crippen LogP contribution is 2.38. The number of carbonyl (C=O) groups excluding carboxylic acids is 1. The van der Waals surface area contributed by atoms with Crippen LogP contribution in [0.2, 0.25) is 0 Å². The number of nitrogens with two attached hydrogens (primary N) is 1. The second kappa shape index (κ2) is 4.97. The van der Waals surface area contributed by atoms with Gasteiger partial charge in [0.1, 0.15) is 0 Å². The summed E-state index contributed by atoms with van der Waals surface area (Å²) < 4.78 is 0. The van der Waals surface area contributed by atoms with E-state index in [4.69, 9.17) is 5.73 Å². The molecule has 1 saturated heterocycles. The molecule has 0 spiro atoms. The lowest BCUT2D eigenvalue weighted by Crippen LogP contribution is -2.43. The van der Waals surface area contributed by atoms with Gasteiger partial charge in [0.25, 0.3) is 0 Å². The van der Waals surface area contributed by atoms with Crippen LogP contribution >= 0.6 is 0 Å². The molecule has 1 aliphatic carbocycles. The summed E-state index contributed by atoms with van der Waals surface area (Å²) in [6.45, 7) is 2.92. The van der Waals surface area contributed by atoms with Crippen molar-refractivity contribution in [3.05, 3.63) is 35.9 Å². The van der Waals surface area contributed by atoms with Crippen molar-refractivity contribution >= 4 is 5.91 Å². The van der Waals surface area contributed by atoms with Gasteiger partial charge in [-0.3, -0.25) is 4.79 Å². The van der Waals surface area contributed by atoms with Crippen LogP contribution in [0.15, 0.2) is 30.3 Å². The Bertz CT molecular complexity index is 459. The minimum absolute atomic E-state index is 0.137. The van der Waals surface area contributed by atoms with Crippen molar-refractivity contribution in [2.45, 2.75) is 38.3 Å². The van der Waals surface area contributed by atoms with E-state index in [2.05, 4.69) is 4.90 Å². The molecule has 1 aromatic carbocycles. The van der Waals surface area contributed by atoms with E-state index in [0.29, 0.717) is 6.04 Å². The van der Waals surface area contributed by atoms with E-state index >= 15 is 0 Å². The zero-order valence-electron chi connectivity index (χ0n) is 11.5. The second-order valence-electron chi connectivity index (χ2n) is 6.05. The molecule has 2 bridgehead atoms. The molecule has 3 heteroatoms. The molecule has 0 aromatic heterocycles. The van der Waals surface area contributed by atoms with Crippen LogP contribution in [0.5, 0.6) is 0 Å². The summed E-state index contributed by atoms with van der Waals surface area (Å²) in [5, 5.41) is 0. The molecule has 0 radical (unpaired) electrons. The summed E-state index contributed by atoms with van der Waals surface area (Å²) in [5.74, 6) is 0.847. The van der Waals surface area contributed by atoms with Crippen molar-refractivity contribution in [1.29, 1.82) is 0 Å². The van der Waals surface area contributed by atoms with Crippen molar-refractivity contribution in [3.8, 4) is 0 Å². The maximum atomic E-state index is 12.6. The van der Waals surface area contributed by atoms with Crippen LogP contribution in [-0.4, -0.2) is 23.4 Å². The maximum absolute atomic E-state index is 12.6. The molecule has 3 rings (SSSR count). The number of amides is 1. The molecular formula is C16H22N2O. The molecule has 0 unspecified atom stereocenters. The van der Waals surface area contributed by atoms with Gasteiger partial charge in [-0.25, -0.2) is 0 Å². The SMILES string of the molecule is C[C@@H](C(=O)N1C[C@H]2CC[C@H]1C2)[C@H](N)c1ccccc1. The van der Waals surface area contributed by atoms with Gasteiger partial charge in [0, 0.05) is 18.6 Å². The van der Waals surface area contributed by atoms with Crippen molar-refractivity contribution < 1.29 is 4.79 Å². The van der Waals surface area contributed by atoms with E-state index in [0.717, 1.165) is 18.0 Å². The average molecular weight is 258 g/mol. The molecular weight excluding hydrogens is 236 g/mol. The zero-order chi connectivity index (χ0) is 13.4. The van der Waals surface area contributed by atoms with Crippen LogP contribution in [0.4, 0.5) is 0 Å². The predicted molar refractivity (Wildman–Crippen MR) is 75.4 cm³/mol. The molecule has 1 heterocycles. The lowest BCUT2D eigenvalue weighted by molar-refractivity contribution is -0.137. The molecule has 102 valence electrons. The zero-order valence-corrected chi connectivity index (χ0v) is 11.5. The number of likely N-dealkylation sites (tertiary alicyclic amines) is 1. The Hall–Kier alpha value is -1.35. The minimum Gasteiger partial charge on any atom is -0.339 e. The van der Waals surface area contributed by atoms with Crippen LogP contribution in [0.1, 0.15) is 37.8 Å². The Morgan fingerprint density at radius 1 is 1.32 bits per heavy atom. The second-order valence-corrected chi connectivity index (χ2v) is 6.05. The predicted octanol–water partition coefficient (Wildman–Crippen LogP) is 2.33. The number of hydrogen-bond donors (Lipinski definition) is 1. The van der Waals surface area contributed by atoms with Crippen LogP contribution in [0, 0.1) is 11.8 Å². The van der Waals surface area contributed by atoms with Crippen LogP contribution in [0.3, 0.4) is 0 Å². The number of rotatable bonds is 3. The summed E-state index contributed by atoms with van der Waals surface area (Å²) >= 11 is 0. The summed E-state index contributed by atoms with van der Waals surface area (Å²) in [7, 11) is 0. The maximum Gasteiger partial charge on any atom is 0.227 e. The number of fused-ring (bicyclic) bond motifs is 2. The third-order valence-corrected chi connectivity index (χ3v) is 4.80. The van der Waals surface area contributed by atoms with E-state index in [1.165, 1.54) is 19.3 Å². The van der Waals surface area contributed by atoms with Crippen LogP contribution < -0.4 is 5.73 Å². The summed E-state index contributed by atoms with van der Waals surface area (Å²) in [6, 6.07) is 10.2. The standard InChI is InChI=1S/C16H22N2O/c1-11(15(17)13-5-3-2-4-6-13)16(19)18-10-12-7-8-14(18)9-12/h2-6,11-12,14-15H,7-10,17H2,1H3/t11-,12+,14+,15+/m1/s1. The highest BCUT2D eigenvalue weighted by atomic mass is 16.2. The fraction of sp³-hybridized carbons (Fsp3) is 0.562. The van der Waals surface area contributed by atoms with E-state index in [-0.39, 0.29) is 17.9 Å². The summed E-state index contributed by atoms with van der Waals surface area (Å²) in [6.07, 6.45) is 3.69. The molecule has 2 fully saturated rings. The van der Waals surface area contributed by atoms with Crippen molar-refractivity contribution in [1.82, 2.24) is 4.90 Å². The normalized spacial score (nSPS) is 28.4. The molecule has 3 nitrogen and oxygen atoms in total.